The largest absolute Gasteiger partial charge is 0.336 e. The van der Waals surface area contributed by atoms with Crippen molar-refractivity contribution in [3.63, 3.8) is 0 Å². The lowest BCUT2D eigenvalue weighted by Crippen LogP contribution is -2.55. The SMILES string of the molecule is O=C1CCC(N2CCN3C(=O)NCC3C2)CC1. The van der Waals surface area contributed by atoms with Crippen molar-refractivity contribution in [1.29, 1.82) is 0 Å². The highest BCUT2D eigenvalue weighted by Crippen LogP contribution is 2.24. The van der Waals surface area contributed by atoms with Gasteiger partial charge in [-0.2, -0.15) is 0 Å². The van der Waals surface area contributed by atoms with Crippen molar-refractivity contribution in [2.45, 2.75) is 37.8 Å². The van der Waals surface area contributed by atoms with E-state index in [-0.39, 0.29) is 6.03 Å². The molecule has 0 aromatic rings. The Labute approximate surface area is 101 Å². The van der Waals surface area contributed by atoms with Crippen LogP contribution in [0, 0.1) is 0 Å². The van der Waals surface area contributed by atoms with E-state index >= 15 is 0 Å². The van der Waals surface area contributed by atoms with Crippen molar-refractivity contribution < 1.29 is 9.59 Å². The van der Waals surface area contributed by atoms with Crippen LogP contribution in [-0.4, -0.2) is 59.9 Å². The van der Waals surface area contributed by atoms with Gasteiger partial charge >= 0.3 is 6.03 Å². The molecule has 94 valence electrons. The highest BCUT2D eigenvalue weighted by molar-refractivity contribution is 5.79. The topological polar surface area (TPSA) is 52.7 Å². The zero-order valence-corrected chi connectivity index (χ0v) is 10.0. The third-order valence-corrected chi connectivity index (χ3v) is 4.29. The number of hydrogen-bond donors (Lipinski definition) is 1. The van der Waals surface area contributed by atoms with Gasteiger partial charge in [-0.3, -0.25) is 9.69 Å². The number of carbonyl (C=O) groups is 2. The summed E-state index contributed by atoms with van der Waals surface area (Å²) in [4.78, 5) is 27.2. The first-order valence-electron chi connectivity index (χ1n) is 6.54. The summed E-state index contributed by atoms with van der Waals surface area (Å²) in [6.45, 7) is 3.54. The van der Waals surface area contributed by atoms with E-state index < -0.39 is 0 Å². The molecule has 3 rings (SSSR count). The monoisotopic (exact) mass is 237 g/mol. The van der Waals surface area contributed by atoms with Gasteiger partial charge in [0.1, 0.15) is 5.78 Å². The van der Waals surface area contributed by atoms with Gasteiger partial charge in [0, 0.05) is 45.1 Å². The summed E-state index contributed by atoms with van der Waals surface area (Å²) in [6, 6.07) is 0.993. The highest BCUT2D eigenvalue weighted by atomic mass is 16.2. The van der Waals surface area contributed by atoms with Gasteiger partial charge in [0.2, 0.25) is 0 Å². The molecule has 3 fully saturated rings. The molecule has 1 atom stereocenters. The van der Waals surface area contributed by atoms with Crippen LogP contribution in [0.15, 0.2) is 0 Å². The van der Waals surface area contributed by atoms with Crippen LogP contribution < -0.4 is 5.32 Å². The first-order chi connectivity index (χ1) is 8.24. The van der Waals surface area contributed by atoms with Crippen LogP contribution >= 0.6 is 0 Å². The number of nitrogens with zero attached hydrogens (tertiary/aromatic N) is 2. The molecule has 1 aliphatic carbocycles. The molecule has 0 radical (unpaired) electrons. The van der Waals surface area contributed by atoms with Crippen molar-refractivity contribution in [2.75, 3.05) is 26.2 Å². The maximum atomic E-state index is 11.5. The van der Waals surface area contributed by atoms with E-state index in [0.717, 1.165) is 51.9 Å². The Balaban J connectivity index is 1.59. The Morgan fingerprint density at radius 1 is 1.06 bits per heavy atom. The third-order valence-electron chi connectivity index (χ3n) is 4.29. The van der Waals surface area contributed by atoms with Crippen LogP contribution in [0.3, 0.4) is 0 Å². The van der Waals surface area contributed by atoms with E-state index in [0.29, 0.717) is 17.9 Å². The summed E-state index contributed by atoms with van der Waals surface area (Å²) < 4.78 is 0. The zero-order valence-electron chi connectivity index (χ0n) is 10.0. The van der Waals surface area contributed by atoms with Crippen LogP contribution in [-0.2, 0) is 4.79 Å². The predicted octanol–water partition coefficient (Wildman–Crippen LogP) is 0.208. The number of piperazine rings is 1. The molecule has 5 heteroatoms. The minimum atomic E-state index is 0.0912. The molecule has 2 amide bonds. The number of hydrogen-bond acceptors (Lipinski definition) is 3. The van der Waals surface area contributed by atoms with Crippen molar-refractivity contribution in [3.05, 3.63) is 0 Å². The molecule has 3 aliphatic rings. The number of nitrogens with one attached hydrogen (secondary N) is 1. The van der Waals surface area contributed by atoms with Gasteiger partial charge in [-0.05, 0) is 12.8 Å². The quantitative estimate of drug-likeness (QED) is 0.709. The summed E-state index contributed by atoms with van der Waals surface area (Å²) in [7, 11) is 0. The molecule has 1 saturated carbocycles. The Bertz CT molecular complexity index is 335. The van der Waals surface area contributed by atoms with Crippen LogP contribution in [0.4, 0.5) is 4.79 Å². The van der Waals surface area contributed by atoms with Crippen molar-refractivity contribution in [2.24, 2.45) is 0 Å². The van der Waals surface area contributed by atoms with Crippen LogP contribution in [0.25, 0.3) is 0 Å². The van der Waals surface area contributed by atoms with Crippen LogP contribution in [0.2, 0.25) is 0 Å². The highest BCUT2D eigenvalue weighted by Gasteiger charge is 2.37. The molecule has 17 heavy (non-hydrogen) atoms. The van der Waals surface area contributed by atoms with E-state index in [2.05, 4.69) is 10.2 Å². The van der Waals surface area contributed by atoms with Gasteiger partial charge in [-0.15, -0.1) is 0 Å². The molecular formula is C12H19N3O2. The maximum absolute atomic E-state index is 11.5. The molecule has 0 bridgehead atoms. The fourth-order valence-corrected chi connectivity index (χ4v) is 3.25. The number of Topliss-reactive ketones (excluding diaryl/α,β-unsaturated/α-hetero) is 1. The molecule has 2 saturated heterocycles. The van der Waals surface area contributed by atoms with E-state index in [4.69, 9.17) is 0 Å². The zero-order chi connectivity index (χ0) is 11.8. The lowest BCUT2D eigenvalue weighted by Gasteiger charge is -2.41. The normalized spacial score (nSPS) is 31.5. The fraction of sp³-hybridized carbons (Fsp3) is 0.833. The first kappa shape index (κ1) is 11.0. The predicted molar refractivity (Wildman–Crippen MR) is 62.7 cm³/mol. The Kier molecular flexibility index (Phi) is 2.78. The average molecular weight is 237 g/mol. The standard InChI is InChI=1S/C12H19N3O2/c16-11-3-1-9(2-4-11)14-5-6-15-10(8-14)7-13-12(15)17/h9-10H,1-8H2,(H,13,17). The number of amides is 2. The molecule has 5 nitrogen and oxygen atoms in total. The second kappa shape index (κ2) is 4.29. The minimum absolute atomic E-state index is 0.0912. The Hall–Kier alpha value is -1.10. The maximum Gasteiger partial charge on any atom is 0.317 e. The molecule has 0 spiro atoms. The Morgan fingerprint density at radius 2 is 1.82 bits per heavy atom. The lowest BCUT2D eigenvalue weighted by atomic mass is 9.92. The van der Waals surface area contributed by atoms with Crippen molar-refractivity contribution >= 4 is 11.8 Å². The first-order valence-corrected chi connectivity index (χ1v) is 6.54. The van der Waals surface area contributed by atoms with Gasteiger partial charge < -0.3 is 10.2 Å². The molecule has 1 unspecified atom stereocenters. The fourth-order valence-electron chi connectivity index (χ4n) is 3.25. The number of fused-ring (bicyclic) bond motifs is 1. The number of carbonyl (C=O) groups excluding carboxylic acids is 2. The van der Waals surface area contributed by atoms with Crippen molar-refractivity contribution in [1.82, 2.24) is 15.1 Å². The van der Waals surface area contributed by atoms with Gasteiger partial charge in [-0.1, -0.05) is 0 Å². The smallest absolute Gasteiger partial charge is 0.317 e. The molecular weight excluding hydrogens is 218 g/mol. The number of urea groups is 1. The van der Waals surface area contributed by atoms with Crippen LogP contribution in [0.1, 0.15) is 25.7 Å². The van der Waals surface area contributed by atoms with Crippen molar-refractivity contribution in [3.8, 4) is 0 Å². The lowest BCUT2D eigenvalue weighted by molar-refractivity contribution is -0.121. The number of ketones is 1. The number of rotatable bonds is 1. The minimum Gasteiger partial charge on any atom is -0.336 e. The van der Waals surface area contributed by atoms with Gasteiger partial charge in [0.25, 0.3) is 0 Å². The summed E-state index contributed by atoms with van der Waals surface area (Å²) in [5, 5.41) is 2.90. The summed E-state index contributed by atoms with van der Waals surface area (Å²) >= 11 is 0. The van der Waals surface area contributed by atoms with E-state index in [1.54, 1.807) is 0 Å². The second-order valence-corrected chi connectivity index (χ2v) is 5.30. The van der Waals surface area contributed by atoms with E-state index in [9.17, 15) is 9.59 Å². The molecule has 0 aromatic heterocycles. The van der Waals surface area contributed by atoms with E-state index in [1.807, 2.05) is 4.90 Å². The molecule has 2 heterocycles. The Morgan fingerprint density at radius 3 is 2.59 bits per heavy atom. The van der Waals surface area contributed by atoms with E-state index in [1.165, 1.54) is 0 Å². The van der Waals surface area contributed by atoms with Crippen LogP contribution in [0.5, 0.6) is 0 Å². The van der Waals surface area contributed by atoms with Gasteiger partial charge in [0.05, 0.1) is 6.04 Å². The molecule has 2 aliphatic heterocycles. The summed E-state index contributed by atoms with van der Waals surface area (Å²) in [5.74, 6) is 0.414. The summed E-state index contributed by atoms with van der Waals surface area (Å²) in [5.41, 5.74) is 0. The molecule has 1 N–H and O–H groups in total. The molecule has 0 aromatic carbocycles. The summed E-state index contributed by atoms with van der Waals surface area (Å²) in [6.07, 6.45) is 3.50. The second-order valence-electron chi connectivity index (χ2n) is 5.30. The van der Waals surface area contributed by atoms with Gasteiger partial charge in [-0.25, -0.2) is 4.79 Å². The third kappa shape index (κ3) is 2.04. The van der Waals surface area contributed by atoms with Gasteiger partial charge in [0.15, 0.2) is 0 Å². The average Bonchev–Trinajstić information content (AvgIpc) is 2.72.